The first-order chi connectivity index (χ1) is 13.9. The van der Waals surface area contributed by atoms with Crippen LogP contribution in [-0.2, 0) is 14.8 Å². The smallest absolute Gasteiger partial charge is 0.290 e. The second-order valence-corrected chi connectivity index (χ2v) is 8.22. The number of nitrogens with zero attached hydrogens (tertiary/aromatic N) is 2. The van der Waals surface area contributed by atoms with Gasteiger partial charge in [0.15, 0.2) is 0 Å². The Labute approximate surface area is 167 Å². The minimum absolute atomic E-state index is 0.250. The molecule has 2 aromatic heterocycles. The van der Waals surface area contributed by atoms with E-state index in [1.54, 1.807) is 37.5 Å². The average molecular weight is 417 g/mol. The van der Waals surface area contributed by atoms with Crippen molar-refractivity contribution < 1.29 is 22.7 Å². The third kappa shape index (κ3) is 4.06. The van der Waals surface area contributed by atoms with Crippen LogP contribution in [0.4, 0.5) is 4.39 Å². The van der Waals surface area contributed by atoms with Gasteiger partial charge in [-0.1, -0.05) is 12.1 Å². The zero-order chi connectivity index (χ0) is 21.0. The largest absolute Gasteiger partial charge is 0.483 e. The minimum Gasteiger partial charge on any atom is -0.483 e. The van der Waals surface area contributed by atoms with E-state index in [1.165, 1.54) is 12.1 Å². The van der Waals surface area contributed by atoms with Crippen molar-refractivity contribution in [1.29, 1.82) is 0 Å². The molecule has 0 atom stereocenters. The van der Waals surface area contributed by atoms with Crippen molar-refractivity contribution in [2.75, 3.05) is 13.1 Å². The molecule has 1 aromatic carbocycles. The molecule has 0 bridgehead atoms. The molecule has 0 fully saturated rings. The molecule has 29 heavy (non-hydrogen) atoms. The Morgan fingerprint density at radius 3 is 2.76 bits per heavy atom. The molecule has 152 valence electrons. The van der Waals surface area contributed by atoms with E-state index < -0.39 is 15.8 Å². The fourth-order valence-electron chi connectivity index (χ4n) is 3.25. The van der Waals surface area contributed by atoms with Gasteiger partial charge in [0.25, 0.3) is 16.5 Å². The van der Waals surface area contributed by atoms with Gasteiger partial charge in [0.05, 0.1) is 11.0 Å². The highest BCUT2D eigenvalue weighted by atomic mass is 32.2. The lowest BCUT2D eigenvalue weighted by Gasteiger charge is -2.12. The normalized spacial score (nSPS) is 14.1. The van der Waals surface area contributed by atoms with E-state index in [0.717, 1.165) is 34.6 Å². The molecule has 0 spiro atoms. The molecule has 0 saturated carbocycles. The number of benzene rings is 1. The van der Waals surface area contributed by atoms with E-state index >= 15 is 0 Å². The van der Waals surface area contributed by atoms with Gasteiger partial charge >= 0.3 is 0 Å². The van der Waals surface area contributed by atoms with Crippen LogP contribution in [-0.4, -0.2) is 42.0 Å². The SMILES string of the molecule is Cc1ccc(F)c(S(=O)(=O)n2cc(C3=CCNCC3)c3ncccc32)c1.O=CO. The first kappa shape index (κ1) is 20.7. The van der Waals surface area contributed by atoms with Crippen molar-refractivity contribution in [3.05, 3.63) is 65.7 Å². The van der Waals surface area contributed by atoms with Gasteiger partial charge < -0.3 is 10.4 Å². The molecular weight excluding hydrogens is 397 g/mol. The Balaban J connectivity index is 0.000000755. The van der Waals surface area contributed by atoms with Crippen LogP contribution >= 0.6 is 0 Å². The molecular formula is C20H20FN3O4S. The Hall–Kier alpha value is -3.04. The lowest BCUT2D eigenvalue weighted by Crippen LogP contribution is -2.20. The van der Waals surface area contributed by atoms with E-state index in [0.29, 0.717) is 16.6 Å². The number of halogens is 1. The Kier molecular flexibility index (Phi) is 6.09. The summed E-state index contributed by atoms with van der Waals surface area (Å²) >= 11 is 0. The number of carbonyl (C=O) groups is 1. The molecule has 1 aliphatic heterocycles. The summed E-state index contributed by atoms with van der Waals surface area (Å²) in [7, 11) is -4.08. The molecule has 3 heterocycles. The highest BCUT2D eigenvalue weighted by molar-refractivity contribution is 7.90. The summed E-state index contributed by atoms with van der Waals surface area (Å²) in [5, 5.41) is 10.1. The number of hydrogen-bond acceptors (Lipinski definition) is 5. The molecule has 0 unspecified atom stereocenters. The first-order valence-corrected chi connectivity index (χ1v) is 10.3. The van der Waals surface area contributed by atoms with Crippen molar-refractivity contribution in [2.45, 2.75) is 18.2 Å². The third-order valence-electron chi connectivity index (χ3n) is 4.56. The quantitative estimate of drug-likeness (QED) is 0.636. The molecule has 9 heteroatoms. The summed E-state index contributed by atoms with van der Waals surface area (Å²) in [6.07, 6.45) is 6.02. The number of nitrogens with one attached hydrogen (secondary N) is 1. The zero-order valence-electron chi connectivity index (χ0n) is 15.7. The number of aromatic nitrogens is 2. The fraction of sp³-hybridized carbons (Fsp3) is 0.200. The van der Waals surface area contributed by atoms with Crippen LogP contribution in [0.25, 0.3) is 16.6 Å². The van der Waals surface area contributed by atoms with E-state index in [-0.39, 0.29) is 11.4 Å². The molecule has 4 rings (SSSR count). The van der Waals surface area contributed by atoms with Crippen LogP contribution in [0.1, 0.15) is 17.5 Å². The maximum atomic E-state index is 14.3. The topological polar surface area (TPSA) is 101 Å². The summed E-state index contributed by atoms with van der Waals surface area (Å²) < 4.78 is 41.8. The van der Waals surface area contributed by atoms with Crippen LogP contribution < -0.4 is 5.32 Å². The van der Waals surface area contributed by atoms with Crippen molar-refractivity contribution >= 4 is 33.1 Å². The number of pyridine rings is 1. The van der Waals surface area contributed by atoms with Crippen molar-refractivity contribution in [3.8, 4) is 0 Å². The fourth-order valence-corrected chi connectivity index (χ4v) is 4.76. The van der Waals surface area contributed by atoms with Crippen molar-refractivity contribution in [3.63, 3.8) is 0 Å². The average Bonchev–Trinajstić information content (AvgIpc) is 3.11. The second kappa shape index (κ2) is 8.54. The Morgan fingerprint density at radius 1 is 1.31 bits per heavy atom. The summed E-state index contributed by atoms with van der Waals surface area (Å²) in [4.78, 5) is 12.4. The van der Waals surface area contributed by atoms with Gasteiger partial charge in [0.1, 0.15) is 10.7 Å². The minimum atomic E-state index is -4.08. The van der Waals surface area contributed by atoms with Crippen LogP contribution in [0.3, 0.4) is 0 Å². The van der Waals surface area contributed by atoms with Crippen molar-refractivity contribution in [1.82, 2.24) is 14.3 Å². The Morgan fingerprint density at radius 2 is 2.07 bits per heavy atom. The highest BCUT2D eigenvalue weighted by Crippen LogP contribution is 2.31. The summed E-state index contributed by atoms with van der Waals surface area (Å²) in [5.74, 6) is -0.760. The predicted octanol–water partition coefficient (Wildman–Crippen LogP) is 2.80. The van der Waals surface area contributed by atoms with Crippen LogP contribution in [0.2, 0.25) is 0 Å². The molecule has 2 N–H and O–H groups in total. The first-order valence-electron chi connectivity index (χ1n) is 8.86. The lowest BCUT2D eigenvalue weighted by atomic mass is 10.0. The molecule has 1 aliphatic rings. The monoisotopic (exact) mass is 417 g/mol. The predicted molar refractivity (Wildman–Crippen MR) is 108 cm³/mol. The number of rotatable bonds is 3. The molecule has 3 aromatic rings. The van der Waals surface area contributed by atoms with Crippen molar-refractivity contribution in [2.24, 2.45) is 0 Å². The maximum absolute atomic E-state index is 14.3. The van der Waals surface area contributed by atoms with Crippen LogP contribution in [0, 0.1) is 12.7 Å². The third-order valence-corrected chi connectivity index (χ3v) is 6.25. The van der Waals surface area contributed by atoms with Gasteiger partial charge in [-0.25, -0.2) is 16.8 Å². The van der Waals surface area contributed by atoms with E-state index in [2.05, 4.69) is 10.3 Å². The molecule has 0 aliphatic carbocycles. The van der Waals surface area contributed by atoms with E-state index in [1.807, 2.05) is 6.08 Å². The van der Waals surface area contributed by atoms with E-state index in [4.69, 9.17) is 9.90 Å². The number of fused-ring (bicyclic) bond motifs is 1. The van der Waals surface area contributed by atoms with Gasteiger partial charge in [0, 0.05) is 24.5 Å². The van der Waals surface area contributed by atoms with Crippen LogP contribution in [0.15, 0.2) is 53.7 Å². The zero-order valence-corrected chi connectivity index (χ0v) is 16.5. The number of hydrogen-bond donors (Lipinski definition) is 2. The Bertz CT molecular complexity index is 1190. The van der Waals surface area contributed by atoms with Gasteiger partial charge in [-0.2, -0.15) is 0 Å². The standard InChI is InChI=1S/C19H18FN3O2S.CH2O2/c1-13-4-5-16(20)18(11-13)26(24,25)23-12-15(14-6-9-21-10-7-14)19-17(23)3-2-8-22-19;2-1-3/h2-6,8,11-12,21H,7,9-10H2,1H3;1H,(H,2,3). The highest BCUT2D eigenvalue weighted by Gasteiger charge is 2.26. The number of aryl methyl sites for hydroxylation is 1. The number of carboxylic acid groups (broad SMARTS) is 1. The molecule has 0 radical (unpaired) electrons. The van der Waals surface area contributed by atoms with Gasteiger partial charge in [0.2, 0.25) is 0 Å². The lowest BCUT2D eigenvalue weighted by molar-refractivity contribution is -0.122. The second-order valence-electron chi connectivity index (χ2n) is 6.44. The van der Waals surface area contributed by atoms with Gasteiger partial charge in [-0.05, 0) is 55.3 Å². The van der Waals surface area contributed by atoms with E-state index in [9.17, 15) is 12.8 Å². The van der Waals surface area contributed by atoms with Gasteiger partial charge in [-0.3, -0.25) is 9.78 Å². The molecule has 7 nitrogen and oxygen atoms in total. The summed E-state index contributed by atoms with van der Waals surface area (Å²) in [6, 6.07) is 7.47. The van der Waals surface area contributed by atoms with Crippen LogP contribution in [0.5, 0.6) is 0 Å². The molecule has 0 saturated heterocycles. The maximum Gasteiger partial charge on any atom is 0.290 e. The molecule has 0 amide bonds. The summed E-state index contributed by atoms with van der Waals surface area (Å²) in [5.41, 5.74) is 3.56. The van der Waals surface area contributed by atoms with Gasteiger partial charge in [-0.15, -0.1) is 0 Å². The summed E-state index contributed by atoms with van der Waals surface area (Å²) in [6.45, 7) is 3.04.